The second-order valence-corrected chi connectivity index (χ2v) is 18.0. The van der Waals surface area contributed by atoms with Gasteiger partial charge in [0.25, 0.3) is 11.8 Å². The monoisotopic (exact) mass is 691 g/mol. The highest BCUT2D eigenvalue weighted by atomic mass is 35.5. The van der Waals surface area contributed by atoms with Gasteiger partial charge in [-0.2, -0.15) is 0 Å². The normalized spacial score (nSPS) is 25.1. The third-order valence-electron chi connectivity index (χ3n) is 10.1. The number of nitrogens with one attached hydrogen (secondary N) is 1. The minimum atomic E-state index is -2.98. The lowest BCUT2D eigenvalue weighted by Gasteiger charge is -2.32. The van der Waals surface area contributed by atoms with Crippen LogP contribution in [0.1, 0.15) is 47.7 Å². The summed E-state index contributed by atoms with van der Waals surface area (Å²) in [4.78, 5) is 56.0. The molecule has 2 fully saturated rings. The van der Waals surface area contributed by atoms with Crippen molar-refractivity contribution in [2.75, 3.05) is 30.5 Å². The zero-order chi connectivity index (χ0) is 34.4. The van der Waals surface area contributed by atoms with Crippen LogP contribution < -0.4 is 15.0 Å². The van der Waals surface area contributed by atoms with E-state index in [-0.39, 0.29) is 43.3 Å². The minimum Gasteiger partial charge on any atom is -0.497 e. The molecule has 48 heavy (non-hydrogen) atoms. The number of methoxy groups -OCH3 is 1. The van der Waals surface area contributed by atoms with Gasteiger partial charge in [0.05, 0.1) is 44.5 Å². The predicted molar refractivity (Wildman–Crippen MR) is 186 cm³/mol. The summed E-state index contributed by atoms with van der Waals surface area (Å²) in [6.07, 6.45) is 0.884. The Balaban J connectivity index is 1.26. The number of carbonyl (C=O) groups is 3. The molecule has 3 N–H and O–H groups in total. The van der Waals surface area contributed by atoms with E-state index < -0.39 is 31.5 Å². The number of carbonyl (C=O) groups excluding carboxylic acids is 3. The van der Waals surface area contributed by atoms with Gasteiger partial charge in [-0.3, -0.25) is 14.4 Å². The molecule has 254 valence electrons. The lowest BCUT2D eigenvalue weighted by atomic mass is 9.82. The third-order valence-corrected chi connectivity index (χ3v) is 12.9. The van der Waals surface area contributed by atoms with Gasteiger partial charge >= 0.3 is 0 Å². The van der Waals surface area contributed by atoms with Crippen molar-refractivity contribution < 1.29 is 33.8 Å². The van der Waals surface area contributed by atoms with E-state index in [0.29, 0.717) is 39.8 Å². The zero-order valence-electron chi connectivity index (χ0n) is 27.6. The Hall–Kier alpha value is -3.74. The van der Waals surface area contributed by atoms with Crippen molar-refractivity contribution in [3.63, 3.8) is 0 Å². The molecule has 0 aliphatic carbocycles. The Kier molecular flexibility index (Phi) is 9.45. The van der Waals surface area contributed by atoms with Gasteiger partial charge in [0.2, 0.25) is 5.91 Å². The van der Waals surface area contributed by atoms with Gasteiger partial charge in [0.15, 0.2) is 13.9 Å². The molecular formula is C36H42ClN3O7Si. The average molecular weight is 692 g/mol. The number of benzene rings is 3. The lowest BCUT2D eigenvalue weighted by molar-refractivity contribution is -0.150. The van der Waals surface area contributed by atoms with Gasteiger partial charge in [0.1, 0.15) is 5.75 Å². The van der Waals surface area contributed by atoms with Gasteiger partial charge < -0.3 is 34.5 Å². The molecule has 3 aliphatic rings. The molecule has 0 unspecified atom stereocenters. The van der Waals surface area contributed by atoms with Gasteiger partial charge in [-0.1, -0.05) is 30.7 Å². The number of fused-ring (bicyclic) bond motifs is 2. The first-order valence-corrected chi connectivity index (χ1v) is 19.7. The Labute approximate surface area is 286 Å². The number of aliphatic hydroxyl groups excluding tert-OH is 1. The van der Waals surface area contributed by atoms with E-state index in [9.17, 15) is 24.3 Å². The van der Waals surface area contributed by atoms with E-state index >= 15 is 0 Å². The largest absolute Gasteiger partial charge is 0.497 e. The van der Waals surface area contributed by atoms with Crippen LogP contribution in [0.5, 0.6) is 5.75 Å². The van der Waals surface area contributed by atoms with Crippen LogP contribution in [0.25, 0.3) is 0 Å². The second-order valence-electron chi connectivity index (χ2n) is 13.6. The number of hydrogen-bond donors (Lipinski definition) is 3. The highest BCUT2D eigenvalue weighted by molar-refractivity contribution is 6.71. The fourth-order valence-corrected chi connectivity index (χ4v) is 10.6. The second kappa shape index (κ2) is 13.3. The van der Waals surface area contributed by atoms with Crippen LogP contribution in [0.4, 0.5) is 11.4 Å². The smallest absolute Gasteiger partial charge is 0.264 e. The molecule has 1 spiro atoms. The first-order valence-electron chi connectivity index (χ1n) is 16.3. The van der Waals surface area contributed by atoms with Gasteiger partial charge in [-0.15, -0.1) is 0 Å². The molecule has 5 atom stereocenters. The van der Waals surface area contributed by atoms with Crippen molar-refractivity contribution in [3.8, 4) is 5.75 Å². The maximum atomic E-state index is 14.7. The van der Waals surface area contributed by atoms with Gasteiger partial charge in [-0.25, -0.2) is 0 Å². The molecule has 3 aromatic rings. The van der Waals surface area contributed by atoms with Crippen LogP contribution in [0.15, 0.2) is 66.7 Å². The van der Waals surface area contributed by atoms with E-state index in [1.54, 1.807) is 65.4 Å². The van der Waals surface area contributed by atoms with Crippen molar-refractivity contribution in [2.24, 2.45) is 5.92 Å². The maximum Gasteiger partial charge on any atom is 0.264 e. The summed E-state index contributed by atoms with van der Waals surface area (Å²) in [5.41, 5.74) is 1.38. The van der Waals surface area contributed by atoms with Gasteiger partial charge in [-0.05, 0) is 86.1 Å². The molecule has 3 aliphatic heterocycles. The number of halogens is 1. The fraction of sp³-hybridized carbons (Fsp3) is 0.417. The molecule has 2 saturated heterocycles. The summed E-state index contributed by atoms with van der Waals surface area (Å²) >= 11 is 6.52. The number of hydrogen-bond acceptors (Lipinski definition) is 7. The first-order chi connectivity index (χ1) is 22.9. The first kappa shape index (κ1) is 34.1. The van der Waals surface area contributed by atoms with Crippen LogP contribution in [-0.2, 0) is 26.5 Å². The van der Waals surface area contributed by atoms with Crippen LogP contribution >= 0.6 is 11.6 Å². The van der Waals surface area contributed by atoms with E-state index in [2.05, 4.69) is 5.32 Å². The Morgan fingerprint density at radius 2 is 1.81 bits per heavy atom. The van der Waals surface area contributed by atoms with E-state index in [1.807, 2.05) is 38.2 Å². The molecule has 0 aromatic heterocycles. The number of amides is 3. The molecule has 10 nitrogen and oxygen atoms in total. The molecule has 3 aromatic carbocycles. The van der Waals surface area contributed by atoms with Crippen molar-refractivity contribution in [3.05, 3.63) is 88.4 Å². The van der Waals surface area contributed by atoms with Crippen LogP contribution in [-0.4, -0.2) is 73.2 Å². The molecule has 3 amide bonds. The number of nitrogens with zero attached hydrogens (tertiary/aromatic N) is 2. The predicted octanol–water partition coefficient (Wildman–Crippen LogP) is 5.32. The quantitative estimate of drug-likeness (QED) is 0.259. The standard InChI is InChI=1S/C36H42ClN3O7Si/c1-22-33(48(3,4)45)31(19-32(42)39-17-5-6-27(39)21-41)47-36(22)29-18-25(37)11-16-30(29)40(35(36)44)20-23-7-12-26(13-8-23)38-34(43)24-9-14-28(46-2)15-10-24/h7-16,18,22,27,31,33,41,45H,5-6,17,19-21H2,1-4H3,(H,38,43)/t22-,27-,31+,33-,36+/m0/s1. The lowest BCUT2D eigenvalue weighted by Crippen LogP contribution is -2.46. The summed E-state index contributed by atoms with van der Waals surface area (Å²) in [6.45, 7) is 6.28. The number of anilines is 2. The summed E-state index contributed by atoms with van der Waals surface area (Å²) in [5.74, 6) is -0.446. The van der Waals surface area contributed by atoms with Crippen molar-refractivity contribution in [2.45, 2.75) is 69.1 Å². The highest BCUT2D eigenvalue weighted by Gasteiger charge is 2.66. The van der Waals surface area contributed by atoms with Crippen molar-refractivity contribution >= 4 is 49.0 Å². The fourth-order valence-electron chi connectivity index (χ4n) is 7.87. The molecule has 0 radical (unpaired) electrons. The third kappa shape index (κ3) is 6.14. The van der Waals surface area contributed by atoms with Crippen LogP contribution in [0.3, 0.4) is 0 Å². The maximum absolute atomic E-state index is 14.7. The molecule has 3 heterocycles. The highest BCUT2D eigenvalue weighted by Crippen LogP contribution is 2.60. The minimum absolute atomic E-state index is 0.0110. The number of rotatable bonds is 9. The Morgan fingerprint density at radius 3 is 2.46 bits per heavy atom. The molecule has 0 saturated carbocycles. The summed E-state index contributed by atoms with van der Waals surface area (Å²) in [6, 6.07) is 19.2. The molecule has 6 rings (SSSR count). The topological polar surface area (TPSA) is 129 Å². The van der Waals surface area contributed by atoms with Crippen molar-refractivity contribution in [1.29, 1.82) is 0 Å². The van der Waals surface area contributed by atoms with E-state index in [4.69, 9.17) is 21.1 Å². The Bertz CT molecular complexity index is 1700. The molecular weight excluding hydrogens is 650 g/mol. The van der Waals surface area contributed by atoms with Gasteiger partial charge in [0, 0.05) is 39.8 Å². The summed E-state index contributed by atoms with van der Waals surface area (Å²) < 4.78 is 12.0. The molecule has 0 bridgehead atoms. The zero-order valence-corrected chi connectivity index (χ0v) is 29.4. The van der Waals surface area contributed by atoms with Crippen LogP contribution in [0, 0.1) is 5.92 Å². The SMILES string of the molecule is COc1ccc(C(=O)Nc2ccc(CN3C(=O)[C@]4(O[C@H](CC(=O)N5CCC[C@H]5CO)[C@@H]([Si](C)(C)O)[C@@H]4C)c4cc(Cl)ccc43)cc2)cc1. The number of aliphatic hydroxyl groups is 1. The average Bonchev–Trinajstić information content (AvgIpc) is 3.72. The van der Waals surface area contributed by atoms with Crippen LogP contribution in [0.2, 0.25) is 23.7 Å². The summed E-state index contributed by atoms with van der Waals surface area (Å²) in [7, 11) is -1.41. The molecule has 12 heteroatoms. The number of ether oxygens (including phenoxy) is 2. The van der Waals surface area contributed by atoms with Crippen molar-refractivity contribution in [1.82, 2.24) is 4.90 Å². The van der Waals surface area contributed by atoms with E-state index in [0.717, 1.165) is 18.4 Å². The van der Waals surface area contributed by atoms with E-state index in [1.165, 1.54) is 0 Å². The summed E-state index contributed by atoms with van der Waals surface area (Å²) in [5, 5.41) is 13.2. The Morgan fingerprint density at radius 1 is 1.10 bits per heavy atom. The number of likely N-dealkylation sites (tertiary alicyclic amines) is 1.